The van der Waals surface area contributed by atoms with E-state index in [0.29, 0.717) is 40.8 Å². The molecular weight excluding hydrogens is 339 g/mol. The SMILES string of the molecule is COc1cc(OC)c(F)c(-c2ccc(CCOC=O)c3nccnc23)c1. The second kappa shape index (κ2) is 7.77. The van der Waals surface area contributed by atoms with E-state index < -0.39 is 5.82 Å². The second-order valence-electron chi connectivity index (χ2n) is 5.43. The zero-order valence-electron chi connectivity index (χ0n) is 14.4. The van der Waals surface area contributed by atoms with Crippen molar-refractivity contribution in [2.45, 2.75) is 6.42 Å². The average Bonchev–Trinajstić information content (AvgIpc) is 2.68. The van der Waals surface area contributed by atoms with Gasteiger partial charge in [-0.1, -0.05) is 12.1 Å². The van der Waals surface area contributed by atoms with Gasteiger partial charge in [-0.3, -0.25) is 14.8 Å². The first-order valence-corrected chi connectivity index (χ1v) is 7.89. The summed E-state index contributed by atoms with van der Waals surface area (Å²) < 4.78 is 30.0. The van der Waals surface area contributed by atoms with Gasteiger partial charge in [-0.25, -0.2) is 4.39 Å². The number of hydrogen-bond donors (Lipinski definition) is 0. The molecule has 3 aromatic rings. The van der Waals surface area contributed by atoms with Gasteiger partial charge in [-0.15, -0.1) is 0 Å². The topological polar surface area (TPSA) is 70.5 Å². The fourth-order valence-corrected chi connectivity index (χ4v) is 2.78. The minimum absolute atomic E-state index is 0.0832. The van der Waals surface area contributed by atoms with Gasteiger partial charge in [-0.2, -0.15) is 0 Å². The summed E-state index contributed by atoms with van der Waals surface area (Å²) in [6.45, 7) is 0.635. The number of halogens is 1. The lowest BCUT2D eigenvalue weighted by Gasteiger charge is -2.13. The maximum Gasteiger partial charge on any atom is 0.293 e. The first-order valence-electron chi connectivity index (χ1n) is 7.89. The van der Waals surface area contributed by atoms with Crippen molar-refractivity contribution < 1.29 is 23.4 Å². The van der Waals surface area contributed by atoms with Gasteiger partial charge in [0.25, 0.3) is 6.47 Å². The molecule has 0 amide bonds. The Morgan fingerprint density at radius 1 is 1.04 bits per heavy atom. The van der Waals surface area contributed by atoms with Crippen LogP contribution in [0.5, 0.6) is 11.5 Å². The minimum atomic E-state index is -0.503. The number of aromatic nitrogens is 2. The number of benzene rings is 2. The number of carbonyl (C=O) groups excluding carboxylic acids is 1. The van der Waals surface area contributed by atoms with Crippen molar-refractivity contribution in [3.05, 3.63) is 48.0 Å². The molecule has 134 valence electrons. The van der Waals surface area contributed by atoms with Gasteiger partial charge in [0, 0.05) is 36.0 Å². The van der Waals surface area contributed by atoms with Crippen LogP contribution in [0.1, 0.15) is 5.56 Å². The third kappa shape index (κ3) is 3.28. The fraction of sp³-hybridized carbons (Fsp3) is 0.211. The predicted octanol–water partition coefficient (Wildman–Crippen LogP) is 3.17. The Labute approximate surface area is 149 Å². The van der Waals surface area contributed by atoms with Crippen molar-refractivity contribution in [1.82, 2.24) is 9.97 Å². The molecule has 0 spiro atoms. The number of carbonyl (C=O) groups is 1. The number of ether oxygens (including phenoxy) is 3. The molecule has 7 heteroatoms. The number of hydrogen-bond acceptors (Lipinski definition) is 6. The molecule has 0 fully saturated rings. The monoisotopic (exact) mass is 356 g/mol. The standard InChI is InChI=1S/C19H17FN2O4/c1-24-13-9-15(17(20)16(10-13)25-2)14-4-3-12(5-8-26-11-23)18-19(14)22-7-6-21-18/h3-4,6-7,9-11H,5,8H2,1-2H3. The van der Waals surface area contributed by atoms with Crippen molar-refractivity contribution in [2.24, 2.45) is 0 Å². The second-order valence-corrected chi connectivity index (χ2v) is 5.43. The van der Waals surface area contributed by atoms with Crippen LogP contribution in [0.3, 0.4) is 0 Å². The number of methoxy groups -OCH3 is 2. The highest BCUT2D eigenvalue weighted by molar-refractivity contribution is 5.94. The molecule has 0 aliphatic carbocycles. The van der Waals surface area contributed by atoms with Gasteiger partial charge < -0.3 is 14.2 Å². The van der Waals surface area contributed by atoms with Crippen LogP contribution in [-0.4, -0.2) is 37.3 Å². The summed E-state index contributed by atoms with van der Waals surface area (Å²) in [5.41, 5.74) is 2.91. The Bertz CT molecular complexity index is 946. The van der Waals surface area contributed by atoms with Crippen LogP contribution >= 0.6 is 0 Å². The summed E-state index contributed by atoms with van der Waals surface area (Å²) in [6, 6.07) is 6.67. The molecule has 0 atom stereocenters. The van der Waals surface area contributed by atoms with E-state index >= 15 is 0 Å². The van der Waals surface area contributed by atoms with E-state index in [0.717, 1.165) is 5.56 Å². The summed E-state index contributed by atoms with van der Waals surface area (Å²) in [7, 11) is 2.90. The lowest BCUT2D eigenvalue weighted by atomic mass is 9.99. The lowest BCUT2D eigenvalue weighted by Crippen LogP contribution is -2.01. The molecule has 3 rings (SSSR count). The Morgan fingerprint density at radius 3 is 2.50 bits per heavy atom. The summed E-state index contributed by atoms with van der Waals surface area (Å²) in [5.74, 6) is 0.0518. The molecule has 0 aliphatic heterocycles. The van der Waals surface area contributed by atoms with E-state index in [-0.39, 0.29) is 12.4 Å². The van der Waals surface area contributed by atoms with Crippen molar-refractivity contribution in [3.8, 4) is 22.6 Å². The highest BCUT2D eigenvalue weighted by Crippen LogP contribution is 2.37. The van der Waals surface area contributed by atoms with E-state index in [4.69, 9.17) is 14.2 Å². The molecule has 0 saturated heterocycles. The Hall–Kier alpha value is -3.22. The molecule has 0 unspecified atom stereocenters. The Morgan fingerprint density at radius 2 is 1.81 bits per heavy atom. The summed E-state index contributed by atoms with van der Waals surface area (Å²) in [5, 5.41) is 0. The largest absolute Gasteiger partial charge is 0.497 e. The van der Waals surface area contributed by atoms with Gasteiger partial charge in [0.15, 0.2) is 11.6 Å². The molecule has 1 aromatic heterocycles. The summed E-state index contributed by atoms with van der Waals surface area (Å²) in [6.07, 6.45) is 3.60. The smallest absolute Gasteiger partial charge is 0.293 e. The molecule has 0 bridgehead atoms. The fourth-order valence-electron chi connectivity index (χ4n) is 2.78. The summed E-state index contributed by atoms with van der Waals surface area (Å²) >= 11 is 0. The molecule has 0 N–H and O–H groups in total. The maximum atomic E-state index is 14.9. The molecule has 6 nitrogen and oxygen atoms in total. The molecule has 0 radical (unpaired) electrons. The number of rotatable bonds is 7. The van der Waals surface area contributed by atoms with E-state index in [1.54, 1.807) is 24.5 Å². The zero-order chi connectivity index (χ0) is 18.5. The predicted molar refractivity (Wildman–Crippen MR) is 93.8 cm³/mol. The molecular formula is C19H17FN2O4. The Balaban J connectivity index is 2.18. The average molecular weight is 356 g/mol. The van der Waals surface area contributed by atoms with Gasteiger partial charge in [0.1, 0.15) is 5.75 Å². The van der Waals surface area contributed by atoms with E-state index in [1.807, 2.05) is 6.07 Å². The lowest BCUT2D eigenvalue weighted by molar-refractivity contribution is -0.128. The summed E-state index contributed by atoms with van der Waals surface area (Å²) in [4.78, 5) is 19.1. The van der Waals surface area contributed by atoms with Crippen LogP contribution < -0.4 is 9.47 Å². The van der Waals surface area contributed by atoms with Crippen LogP contribution in [0.15, 0.2) is 36.7 Å². The number of fused-ring (bicyclic) bond motifs is 1. The van der Waals surface area contributed by atoms with Crippen LogP contribution in [0.4, 0.5) is 4.39 Å². The highest BCUT2D eigenvalue weighted by Gasteiger charge is 2.18. The first kappa shape index (κ1) is 17.6. The van der Waals surface area contributed by atoms with Crippen LogP contribution in [-0.2, 0) is 16.0 Å². The van der Waals surface area contributed by atoms with E-state index in [9.17, 15) is 9.18 Å². The van der Waals surface area contributed by atoms with Crippen molar-refractivity contribution in [1.29, 1.82) is 0 Å². The molecule has 2 aromatic carbocycles. The first-order chi connectivity index (χ1) is 12.7. The van der Waals surface area contributed by atoms with Crippen LogP contribution in [0, 0.1) is 5.82 Å². The van der Waals surface area contributed by atoms with Gasteiger partial charge in [0.2, 0.25) is 0 Å². The van der Waals surface area contributed by atoms with Crippen LogP contribution in [0.2, 0.25) is 0 Å². The van der Waals surface area contributed by atoms with Crippen LogP contribution in [0.25, 0.3) is 22.2 Å². The minimum Gasteiger partial charge on any atom is -0.497 e. The van der Waals surface area contributed by atoms with Gasteiger partial charge in [0.05, 0.1) is 31.9 Å². The van der Waals surface area contributed by atoms with Crippen molar-refractivity contribution in [2.75, 3.05) is 20.8 Å². The third-order valence-corrected chi connectivity index (χ3v) is 4.02. The molecule has 0 aliphatic rings. The zero-order valence-corrected chi connectivity index (χ0v) is 14.4. The maximum absolute atomic E-state index is 14.9. The quantitative estimate of drug-likeness (QED) is 0.478. The third-order valence-electron chi connectivity index (χ3n) is 4.02. The molecule has 1 heterocycles. The van der Waals surface area contributed by atoms with Gasteiger partial charge in [-0.05, 0) is 11.6 Å². The highest BCUT2D eigenvalue weighted by atomic mass is 19.1. The number of nitrogens with zero attached hydrogens (tertiary/aromatic N) is 2. The van der Waals surface area contributed by atoms with E-state index in [1.165, 1.54) is 20.3 Å². The molecule has 26 heavy (non-hydrogen) atoms. The Kier molecular flexibility index (Phi) is 5.26. The van der Waals surface area contributed by atoms with E-state index in [2.05, 4.69) is 9.97 Å². The normalized spacial score (nSPS) is 10.6. The molecule has 0 saturated carbocycles. The van der Waals surface area contributed by atoms with Crippen molar-refractivity contribution in [3.63, 3.8) is 0 Å². The van der Waals surface area contributed by atoms with Crippen molar-refractivity contribution >= 4 is 17.5 Å². The van der Waals surface area contributed by atoms with Gasteiger partial charge >= 0.3 is 0 Å².